The summed E-state index contributed by atoms with van der Waals surface area (Å²) >= 11 is 0. The van der Waals surface area contributed by atoms with Crippen molar-refractivity contribution in [2.45, 2.75) is 19.6 Å². The van der Waals surface area contributed by atoms with Gasteiger partial charge in [-0.3, -0.25) is 0 Å². The van der Waals surface area contributed by atoms with Crippen LogP contribution in [0.2, 0.25) is 0 Å². The van der Waals surface area contributed by atoms with E-state index in [0.717, 1.165) is 11.1 Å². The molecule has 0 saturated heterocycles. The molecule has 0 aliphatic carbocycles. The van der Waals surface area contributed by atoms with Crippen molar-refractivity contribution in [1.82, 2.24) is 4.98 Å². The van der Waals surface area contributed by atoms with Crippen molar-refractivity contribution >= 4 is 9.84 Å². The lowest BCUT2D eigenvalue weighted by Gasteiger charge is -1.96. The number of rotatable bonds is 4. The summed E-state index contributed by atoms with van der Waals surface area (Å²) in [7, 11) is -3.07. The number of aryl methyl sites for hydroxylation is 1. The van der Waals surface area contributed by atoms with E-state index in [9.17, 15) is 8.42 Å². The Balaban J connectivity index is 2.23. The molecule has 0 bridgehead atoms. The average molecular weight is 265 g/mol. The van der Waals surface area contributed by atoms with Gasteiger partial charge in [-0.05, 0) is 19.1 Å². The number of aromatic nitrogens is 1. The largest absolute Gasteiger partial charge is 0.444 e. The minimum Gasteiger partial charge on any atom is -0.444 e. The van der Waals surface area contributed by atoms with Crippen molar-refractivity contribution < 1.29 is 12.8 Å². The van der Waals surface area contributed by atoms with Crippen LogP contribution in [0.15, 0.2) is 34.9 Å². The second-order valence-corrected chi connectivity index (χ2v) is 6.54. The number of nitrogens with zero attached hydrogens (tertiary/aromatic N) is 1. The van der Waals surface area contributed by atoms with Gasteiger partial charge in [0.1, 0.15) is 6.26 Å². The molecule has 1 heterocycles. The minimum absolute atomic E-state index is 0.0706. The van der Waals surface area contributed by atoms with E-state index in [1.165, 1.54) is 6.26 Å². The number of sulfone groups is 1. The highest BCUT2D eigenvalue weighted by atomic mass is 32.2. The fraction of sp³-hybridized carbons (Fsp3) is 0.308. The molecule has 0 saturated carbocycles. The third-order valence-corrected chi connectivity index (χ3v) is 4.27. The van der Waals surface area contributed by atoms with Gasteiger partial charge in [0.15, 0.2) is 9.84 Å². The zero-order valence-corrected chi connectivity index (χ0v) is 11.2. The molecule has 1 aromatic carbocycles. The smallest absolute Gasteiger partial charge is 0.226 e. The minimum atomic E-state index is -3.07. The first-order valence-electron chi connectivity index (χ1n) is 5.72. The number of hydrogen-bond donors (Lipinski definition) is 0. The molecular weight excluding hydrogens is 250 g/mol. The van der Waals surface area contributed by atoms with Crippen LogP contribution < -0.4 is 0 Å². The van der Waals surface area contributed by atoms with Crippen molar-refractivity contribution in [2.75, 3.05) is 5.75 Å². The van der Waals surface area contributed by atoms with E-state index in [1.54, 1.807) is 6.92 Å². The van der Waals surface area contributed by atoms with Gasteiger partial charge in [-0.1, -0.05) is 24.6 Å². The van der Waals surface area contributed by atoms with Gasteiger partial charge in [0.05, 0.1) is 11.4 Å². The summed E-state index contributed by atoms with van der Waals surface area (Å²) in [4.78, 5) is 4.20. The Labute approximate surface area is 107 Å². The highest BCUT2D eigenvalue weighted by Crippen LogP contribution is 2.19. The maximum absolute atomic E-state index is 11.5. The molecule has 5 heteroatoms. The van der Waals surface area contributed by atoms with Crippen molar-refractivity contribution in [3.8, 4) is 11.5 Å². The molecule has 0 N–H and O–H groups in total. The molecule has 0 aliphatic rings. The number of oxazole rings is 1. The summed E-state index contributed by atoms with van der Waals surface area (Å²) in [5.41, 5.74) is 2.45. The first-order chi connectivity index (χ1) is 8.50. The van der Waals surface area contributed by atoms with Crippen LogP contribution in [0.1, 0.15) is 18.2 Å². The first kappa shape index (κ1) is 12.8. The van der Waals surface area contributed by atoms with Crippen LogP contribution in [0.25, 0.3) is 11.5 Å². The van der Waals surface area contributed by atoms with Gasteiger partial charge in [0.25, 0.3) is 0 Å². The second kappa shape index (κ2) is 4.94. The number of benzene rings is 1. The Kier molecular flexibility index (Phi) is 3.52. The zero-order valence-electron chi connectivity index (χ0n) is 10.4. The maximum Gasteiger partial charge on any atom is 0.226 e. The van der Waals surface area contributed by atoms with E-state index in [-0.39, 0.29) is 11.5 Å². The van der Waals surface area contributed by atoms with Crippen molar-refractivity contribution in [3.63, 3.8) is 0 Å². The molecule has 0 unspecified atom stereocenters. The van der Waals surface area contributed by atoms with E-state index in [2.05, 4.69) is 4.98 Å². The van der Waals surface area contributed by atoms with Crippen LogP contribution in [-0.4, -0.2) is 19.2 Å². The fourth-order valence-electron chi connectivity index (χ4n) is 1.53. The molecule has 18 heavy (non-hydrogen) atoms. The monoisotopic (exact) mass is 265 g/mol. The third-order valence-electron chi connectivity index (χ3n) is 2.66. The molecule has 0 spiro atoms. The normalized spacial score (nSPS) is 11.7. The third kappa shape index (κ3) is 2.98. The molecule has 0 amide bonds. The van der Waals surface area contributed by atoms with Gasteiger partial charge in [-0.15, -0.1) is 0 Å². The van der Waals surface area contributed by atoms with Gasteiger partial charge < -0.3 is 4.42 Å². The van der Waals surface area contributed by atoms with E-state index in [4.69, 9.17) is 4.42 Å². The Morgan fingerprint density at radius 2 is 1.89 bits per heavy atom. The Hall–Kier alpha value is -1.62. The highest BCUT2D eigenvalue weighted by molar-refractivity contribution is 7.90. The summed E-state index contributed by atoms with van der Waals surface area (Å²) in [5.74, 6) is 0.495. The molecule has 0 fully saturated rings. The number of hydrogen-bond acceptors (Lipinski definition) is 4. The lowest BCUT2D eigenvalue weighted by Crippen LogP contribution is -2.06. The second-order valence-electron chi connectivity index (χ2n) is 4.19. The quantitative estimate of drug-likeness (QED) is 0.852. The summed E-state index contributed by atoms with van der Waals surface area (Å²) < 4.78 is 28.3. The van der Waals surface area contributed by atoms with Crippen LogP contribution in [0.4, 0.5) is 0 Å². The summed E-state index contributed by atoms with van der Waals surface area (Å²) in [6.07, 6.45) is 1.41. The molecule has 2 rings (SSSR count). The first-order valence-corrected chi connectivity index (χ1v) is 7.54. The zero-order chi connectivity index (χ0) is 13.2. The van der Waals surface area contributed by atoms with E-state index in [0.29, 0.717) is 11.6 Å². The molecular formula is C13H15NO3S. The summed E-state index contributed by atoms with van der Waals surface area (Å²) in [6.45, 7) is 3.62. The fourth-order valence-corrected chi connectivity index (χ4v) is 2.32. The van der Waals surface area contributed by atoms with Crippen LogP contribution >= 0.6 is 0 Å². The SMILES string of the molecule is CCS(=O)(=O)Cc1coc(-c2ccc(C)cc2)n1. The van der Waals surface area contributed by atoms with E-state index in [1.807, 2.05) is 31.2 Å². The molecule has 0 aliphatic heterocycles. The van der Waals surface area contributed by atoms with Crippen LogP contribution in [-0.2, 0) is 15.6 Å². The van der Waals surface area contributed by atoms with Crippen LogP contribution in [0.5, 0.6) is 0 Å². The van der Waals surface area contributed by atoms with Gasteiger partial charge in [0.2, 0.25) is 5.89 Å². The van der Waals surface area contributed by atoms with Crippen LogP contribution in [0.3, 0.4) is 0 Å². The maximum atomic E-state index is 11.5. The lowest BCUT2D eigenvalue weighted by molar-refractivity contribution is 0.572. The molecule has 0 radical (unpaired) electrons. The van der Waals surface area contributed by atoms with Gasteiger partial charge in [-0.25, -0.2) is 13.4 Å². The van der Waals surface area contributed by atoms with Crippen molar-refractivity contribution in [3.05, 3.63) is 41.8 Å². The molecule has 1 aromatic heterocycles. The van der Waals surface area contributed by atoms with Crippen molar-refractivity contribution in [1.29, 1.82) is 0 Å². The topological polar surface area (TPSA) is 60.2 Å². The van der Waals surface area contributed by atoms with Gasteiger partial charge in [-0.2, -0.15) is 0 Å². The predicted octanol–water partition coefficient (Wildman–Crippen LogP) is 2.58. The van der Waals surface area contributed by atoms with Crippen LogP contribution in [0, 0.1) is 6.92 Å². The van der Waals surface area contributed by atoms with Gasteiger partial charge in [0, 0.05) is 11.3 Å². The van der Waals surface area contributed by atoms with Gasteiger partial charge >= 0.3 is 0 Å². The van der Waals surface area contributed by atoms with E-state index >= 15 is 0 Å². The molecule has 2 aromatic rings. The van der Waals surface area contributed by atoms with E-state index < -0.39 is 9.84 Å². The average Bonchev–Trinajstić information content (AvgIpc) is 2.78. The summed E-state index contributed by atoms with van der Waals surface area (Å²) in [5, 5.41) is 0. The standard InChI is InChI=1S/C13H15NO3S/c1-3-18(15,16)9-12-8-17-13(14-12)11-6-4-10(2)5-7-11/h4-8H,3,9H2,1-2H3. The molecule has 0 atom stereocenters. The molecule has 4 nitrogen and oxygen atoms in total. The summed E-state index contributed by atoms with van der Waals surface area (Å²) in [6, 6.07) is 7.72. The Bertz CT molecular complexity index is 627. The Morgan fingerprint density at radius 3 is 2.50 bits per heavy atom. The lowest BCUT2D eigenvalue weighted by atomic mass is 10.1. The molecule has 96 valence electrons. The Morgan fingerprint density at radius 1 is 1.22 bits per heavy atom. The highest BCUT2D eigenvalue weighted by Gasteiger charge is 2.13. The van der Waals surface area contributed by atoms with Crippen molar-refractivity contribution in [2.24, 2.45) is 0 Å². The predicted molar refractivity (Wildman–Crippen MR) is 69.8 cm³/mol.